The Morgan fingerprint density at radius 2 is 1.36 bits per heavy atom. The monoisotopic (exact) mass is 1030 g/mol. The van der Waals surface area contributed by atoms with Gasteiger partial charge in [-0.3, -0.25) is 43.3 Å². The van der Waals surface area contributed by atoms with Crippen LogP contribution in [0.25, 0.3) is 0 Å². The topological polar surface area (TPSA) is 314 Å². The standard InChI is InChI=1S/C52H77N11O9S/c1-31(65)57-39(27-32-15-8-6-9-16-32)45(67)58-37(21-14-24-56-51(54)55)50(72)63-29-35-20-13-12-19-34(35)28-41(63)47(69)59-38(23-26-73-5)49(71)62-25-22-36(33-17-10-7-11-18-33)42(62)48(70)60-40(30-64)46(68)61-43(44(53)66)52(2,3)4/h7,10-13,17-20,32,36-43,64H,6,8-9,14-16,21-30H2,1-5H3,(H2,53,66)(H,57,65)(H,58,67)(H,59,69)(H,60,70)(H,61,68)(H4,54,55,56)/t36?,37-,38-,39-,40-,41-,42-,43+/m0/s1. The number of amides is 8. The van der Waals surface area contributed by atoms with Gasteiger partial charge in [-0.25, -0.2) is 0 Å². The number of benzene rings is 2. The first-order chi connectivity index (χ1) is 34.7. The number of nitrogens with one attached hydrogen (secondary N) is 5. The van der Waals surface area contributed by atoms with Gasteiger partial charge in [-0.1, -0.05) is 107 Å². The second-order valence-corrected chi connectivity index (χ2v) is 21.5. The number of hydrogen-bond donors (Lipinski definition) is 9. The zero-order valence-electron chi connectivity index (χ0n) is 42.9. The molecule has 1 saturated carbocycles. The van der Waals surface area contributed by atoms with Crippen LogP contribution in [0.5, 0.6) is 0 Å². The summed E-state index contributed by atoms with van der Waals surface area (Å²) in [7, 11) is 0. The number of nitrogens with two attached hydrogens (primary N) is 3. The summed E-state index contributed by atoms with van der Waals surface area (Å²) in [5.74, 6) is -5.05. The van der Waals surface area contributed by atoms with E-state index in [1.54, 1.807) is 20.8 Å². The van der Waals surface area contributed by atoms with E-state index in [1.807, 2.05) is 60.9 Å². The quantitative estimate of drug-likeness (QED) is 0.0429. The van der Waals surface area contributed by atoms with Crippen molar-refractivity contribution >= 4 is 65.0 Å². The zero-order valence-corrected chi connectivity index (χ0v) is 43.7. The van der Waals surface area contributed by atoms with Crippen molar-refractivity contribution in [3.8, 4) is 0 Å². The highest BCUT2D eigenvalue weighted by atomic mass is 32.2. The van der Waals surface area contributed by atoms with Crippen LogP contribution in [0.1, 0.15) is 115 Å². The third-order valence-corrected chi connectivity index (χ3v) is 14.7. The Labute approximate surface area is 432 Å². The van der Waals surface area contributed by atoms with Gasteiger partial charge < -0.3 is 58.7 Å². The van der Waals surface area contributed by atoms with Crippen molar-refractivity contribution in [1.29, 1.82) is 0 Å². The van der Waals surface area contributed by atoms with E-state index >= 15 is 9.59 Å². The fraction of sp³-hybridized carbons (Fsp3) is 0.596. The average molecular weight is 1030 g/mol. The first-order valence-electron chi connectivity index (χ1n) is 25.4. The van der Waals surface area contributed by atoms with E-state index in [-0.39, 0.29) is 63.1 Å². The van der Waals surface area contributed by atoms with Gasteiger partial charge >= 0.3 is 0 Å². The average Bonchev–Trinajstić information content (AvgIpc) is 3.81. The molecule has 0 bridgehead atoms. The van der Waals surface area contributed by atoms with E-state index in [2.05, 4.69) is 31.6 Å². The Balaban J connectivity index is 1.45. The highest BCUT2D eigenvalue weighted by Crippen LogP contribution is 2.35. The van der Waals surface area contributed by atoms with E-state index in [0.717, 1.165) is 48.8 Å². The molecule has 20 nitrogen and oxygen atoms in total. The Hall–Kier alpha value is -6.22. The lowest BCUT2D eigenvalue weighted by Crippen LogP contribution is -2.62. The highest BCUT2D eigenvalue weighted by Gasteiger charge is 2.47. The summed E-state index contributed by atoms with van der Waals surface area (Å²) in [6.45, 7) is 5.91. The van der Waals surface area contributed by atoms with Crippen molar-refractivity contribution in [1.82, 2.24) is 36.4 Å². The molecular formula is C52H77N11O9S. The van der Waals surface area contributed by atoms with Crippen LogP contribution in [0.15, 0.2) is 59.6 Å². The number of nitrogens with zero attached hydrogens (tertiary/aromatic N) is 3. The maximum atomic E-state index is 15.1. The highest BCUT2D eigenvalue weighted by molar-refractivity contribution is 7.98. The molecule has 400 valence electrons. The molecule has 1 saturated heterocycles. The van der Waals surface area contributed by atoms with Crippen molar-refractivity contribution in [3.63, 3.8) is 0 Å². The second kappa shape index (κ2) is 27.2. The van der Waals surface area contributed by atoms with Crippen LogP contribution in [-0.2, 0) is 51.3 Å². The lowest BCUT2D eigenvalue weighted by Gasteiger charge is -2.39. The number of guanidine groups is 1. The van der Waals surface area contributed by atoms with E-state index < -0.39 is 102 Å². The molecule has 2 aromatic rings. The van der Waals surface area contributed by atoms with Gasteiger partial charge in [0.25, 0.3) is 0 Å². The molecule has 0 radical (unpaired) electrons. The summed E-state index contributed by atoms with van der Waals surface area (Å²) in [5.41, 5.74) is 18.4. The van der Waals surface area contributed by atoms with Gasteiger partial charge in [0, 0.05) is 38.9 Å². The first kappa shape index (κ1) is 57.7. The number of rotatable bonds is 23. The van der Waals surface area contributed by atoms with E-state index in [1.165, 1.54) is 28.5 Å². The molecule has 21 heteroatoms. The maximum absolute atomic E-state index is 15.1. The Kier molecular flexibility index (Phi) is 21.5. The molecule has 8 amide bonds. The zero-order chi connectivity index (χ0) is 53.4. The maximum Gasteiger partial charge on any atom is 0.246 e. The summed E-state index contributed by atoms with van der Waals surface area (Å²) in [5, 5.41) is 24.3. The number of likely N-dealkylation sites (tertiary alicyclic amines) is 1. The number of aliphatic hydroxyl groups is 1. The number of aliphatic imine (C=N–C) groups is 1. The molecule has 2 fully saturated rings. The fourth-order valence-corrected chi connectivity index (χ4v) is 10.7. The summed E-state index contributed by atoms with van der Waals surface area (Å²) < 4.78 is 0. The van der Waals surface area contributed by atoms with Crippen LogP contribution in [0.4, 0.5) is 0 Å². The SMILES string of the molecule is CSCC[C@H](NC(=O)[C@@H]1Cc2ccccc2CN1C(=O)[C@H](CCCN=C(N)N)NC(=O)[C@H](CC1CCCCC1)NC(C)=O)C(=O)N1CCC(c2ccccc2)[C@H]1C(=O)N[C@@H](CO)C(=O)N[C@H](C(N)=O)C(C)(C)C. The van der Waals surface area contributed by atoms with Crippen LogP contribution >= 0.6 is 11.8 Å². The number of fused-ring (bicyclic) bond motifs is 1. The van der Waals surface area contributed by atoms with Crippen molar-refractivity contribution in [2.45, 2.75) is 153 Å². The van der Waals surface area contributed by atoms with Gasteiger partial charge in [0.2, 0.25) is 47.3 Å². The number of aliphatic hydroxyl groups excluding tert-OH is 1. The van der Waals surface area contributed by atoms with E-state index in [4.69, 9.17) is 17.2 Å². The summed E-state index contributed by atoms with van der Waals surface area (Å²) >= 11 is 1.45. The molecule has 2 heterocycles. The minimum Gasteiger partial charge on any atom is -0.394 e. The predicted octanol–water partition coefficient (Wildman–Crippen LogP) is 1.07. The molecule has 0 aromatic heterocycles. The summed E-state index contributed by atoms with van der Waals surface area (Å²) in [4.78, 5) is 119. The first-order valence-corrected chi connectivity index (χ1v) is 26.8. The third-order valence-electron chi connectivity index (χ3n) is 14.0. The van der Waals surface area contributed by atoms with Crippen molar-refractivity contribution < 1.29 is 43.5 Å². The van der Waals surface area contributed by atoms with Gasteiger partial charge in [-0.05, 0) is 72.1 Å². The minimum atomic E-state index is -1.51. The third kappa shape index (κ3) is 16.1. The van der Waals surface area contributed by atoms with Gasteiger partial charge in [0.15, 0.2) is 5.96 Å². The van der Waals surface area contributed by atoms with Crippen LogP contribution in [0, 0.1) is 11.3 Å². The number of primary amides is 1. The lowest BCUT2D eigenvalue weighted by molar-refractivity contribution is -0.147. The number of carbonyl (C=O) groups is 8. The van der Waals surface area contributed by atoms with Crippen molar-refractivity contribution in [2.24, 2.45) is 33.5 Å². The molecule has 3 aliphatic rings. The Morgan fingerprint density at radius 1 is 0.740 bits per heavy atom. The van der Waals surface area contributed by atoms with Crippen molar-refractivity contribution in [2.75, 3.05) is 31.7 Å². The molecular weight excluding hydrogens is 955 g/mol. The number of hydrogen-bond acceptors (Lipinski definition) is 11. The molecule has 73 heavy (non-hydrogen) atoms. The van der Waals surface area contributed by atoms with Gasteiger partial charge in [0.05, 0.1) is 6.61 Å². The van der Waals surface area contributed by atoms with E-state index in [9.17, 15) is 33.9 Å². The van der Waals surface area contributed by atoms with E-state index in [0.29, 0.717) is 18.6 Å². The lowest BCUT2D eigenvalue weighted by atomic mass is 9.84. The summed E-state index contributed by atoms with van der Waals surface area (Å²) in [6, 6.07) is 8.32. The number of thioether (sulfide) groups is 1. The second-order valence-electron chi connectivity index (χ2n) is 20.5. The Morgan fingerprint density at radius 3 is 1.97 bits per heavy atom. The normalized spacial score (nSPS) is 19.9. The number of carbonyl (C=O) groups excluding carboxylic acids is 8. The minimum absolute atomic E-state index is 0.0106. The molecule has 2 aromatic carbocycles. The summed E-state index contributed by atoms with van der Waals surface area (Å²) in [6.07, 6.45) is 8.26. The molecule has 12 N–H and O–H groups in total. The molecule has 2 aliphatic heterocycles. The van der Waals surface area contributed by atoms with Crippen LogP contribution in [0.2, 0.25) is 0 Å². The van der Waals surface area contributed by atoms with Crippen LogP contribution in [-0.4, -0.2) is 142 Å². The predicted molar refractivity (Wildman–Crippen MR) is 279 cm³/mol. The molecule has 1 aliphatic carbocycles. The smallest absolute Gasteiger partial charge is 0.246 e. The fourth-order valence-electron chi connectivity index (χ4n) is 10.2. The molecule has 8 atom stereocenters. The Bertz CT molecular complexity index is 2290. The van der Waals surface area contributed by atoms with Crippen LogP contribution in [0.3, 0.4) is 0 Å². The molecule has 1 unspecified atom stereocenters. The largest absolute Gasteiger partial charge is 0.394 e. The van der Waals surface area contributed by atoms with Gasteiger partial charge in [-0.15, -0.1) is 0 Å². The van der Waals surface area contributed by atoms with Gasteiger partial charge in [0.1, 0.15) is 42.3 Å². The van der Waals surface area contributed by atoms with Crippen LogP contribution < -0.4 is 43.8 Å². The van der Waals surface area contributed by atoms with Gasteiger partial charge in [-0.2, -0.15) is 11.8 Å². The van der Waals surface area contributed by atoms with Crippen molar-refractivity contribution in [3.05, 3.63) is 71.3 Å². The molecule has 0 spiro atoms. The molecule has 5 rings (SSSR count).